The lowest BCUT2D eigenvalue weighted by atomic mass is 9.86. The van der Waals surface area contributed by atoms with Crippen LogP contribution in [0.3, 0.4) is 0 Å². The summed E-state index contributed by atoms with van der Waals surface area (Å²) >= 11 is 0. The summed E-state index contributed by atoms with van der Waals surface area (Å²) in [6.07, 6.45) is 1.95. The first-order chi connectivity index (χ1) is 8.04. The van der Waals surface area contributed by atoms with E-state index >= 15 is 0 Å². The third-order valence-electron chi connectivity index (χ3n) is 3.14. The van der Waals surface area contributed by atoms with Crippen molar-refractivity contribution in [3.8, 4) is 0 Å². The molecule has 0 atom stereocenters. The highest BCUT2D eigenvalue weighted by Gasteiger charge is 2.41. The normalized spacial score (nSPS) is 17.7. The lowest BCUT2D eigenvalue weighted by Gasteiger charge is -2.47. The van der Waals surface area contributed by atoms with Crippen molar-refractivity contribution in [3.05, 3.63) is 35.6 Å². The second kappa shape index (κ2) is 4.45. The fraction of sp³-hybridized carbons (Fsp3) is 0.462. The minimum absolute atomic E-state index is 0.0674. The topological polar surface area (TPSA) is 46.3 Å². The van der Waals surface area contributed by atoms with E-state index in [1.165, 1.54) is 24.3 Å². The van der Waals surface area contributed by atoms with E-state index in [0.29, 0.717) is 18.7 Å². The van der Waals surface area contributed by atoms with Gasteiger partial charge in [0.2, 0.25) is 0 Å². The summed E-state index contributed by atoms with van der Waals surface area (Å²) in [5.41, 5.74) is 6.39. The van der Waals surface area contributed by atoms with Crippen LogP contribution in [0.2, 0.25) is 0 Å². The summed E-state index contributed by atoms with van der Waals surface area (Å²) in [7, 11) is 0. The number of likely N-dealkylation sites (tertiary alicyclic amines) is 1. The molecule has 0 bridgehead atoms. The molecule has 3 nitrogen and oxygen atoms in total. The molecular weight excluding hydrogens is 219 g/mol. The molecule has 0 unspecified atom stereocenters. The van der Waals surface area contributed by atoms with Gasteiger partial charge in [-0.3, -0.25) is 4.79 Å². The van der Waals surface area contributed by atoms with E-state index in [0.717, 1.165) is 12.8 Å². The molecule has 0 spiro atoms. The second-order valence-corrected chi connectivity index (χ2v) is 4.78. The van der Waals surface area contributed by atoms with Crippen LogP contribution >= 0.6 is 0 Å². The SMILES string of the molecule is CCCC1(N)CN(C(=O)c2ccc(F)cc2)C1. The van der Waals surface area contributed by atoms with Crippen LogP contribution in [-0.2, 0) is 0 Å². The zero-order valence-corrected chi connectivity index (χ0v) is 9.95. The van der Waals surface area contributed by atoms with Gasteiger partial charge in [-0.15, -0.1) is 0 Å². The van der Waals surface area contributed by atoms with Crippen LogP contribution in [0.5, 0.6) is 0 Å². The van der Waals surface area contributed by atoms with Crippen molar-refractivity contribution in [3.63, 3.8) is 0 Å². The van der Waals surface area contributed by atoms with Crippen LogP contribution in [-0.4, -0.2) is 29.4 Å². The van der Waals surface area contributed by atoms with Gasteiger partial charge in [0.25, 0.3) is 5.91 Å². The van der Waals surface area contributed by atoms with E-state index in [1.807, 2.05) is 0 Å². The summed E-state index contributed by atoms with van der Waals surface area (Å²) in [5, 5.41) is 0. The zero-order chi connectivity index (χ0) is 12.5. The number of carbonyl (C=O) groups is 1. The van der Waals surface area contributed by atoms with Crippen molar-refractivity contribution in [1.82, 2.24) is 4.90 Å². The monoisotopic (exact) mass is 236 g/mol. The highest BCUT2D eigenvalue weighted by Crippen LogP contribution is 2.24. The first kappa shape index (κ1) is 12.0. The minimum atomic E-state index is -0.329. The number of halogens is 1. The second-order valence-electron chi connectivity index (χ2n) is 4.78. The largest absolute Gasteiger partial charge is 0.335 e. The van der Waals surface area contributed by atoms with Crippen LogP contribution in [0.1, 0.15) is 30.1 Å². The third kappa shape index (κ3) is 2.47. The summed E-state index contributed by atoms with van der Waals surface area (Å²) in [5.74, 6) is -0.397. The molecule has 1 aromatic rings. The summed E-state index contributed by atoms with van der Waals surface area (Å²) < 4.78 is 12.7. The van der Waals surface area contributed by atoms with E-state index in [-0.39, 0.29) is 17.3 Å². The molecule has 2 N–H and O–H groups in total. The molecule has 1 saturated heterocycles. The van der Waals surface area contributed by atoms with Gasteiger partial charge in [-0.2, -0.15) is 0 Å². The summed E-state index contributed by atoms with van der Waals surface area (Å²) in [6.45, 7) is 3.27. The molecule has 0 saturated carbocycles. The fourth-order valence-corrected chi connectivity index (χ4v) is 2.29. The number of amides is 1. The number of nitrogens with two attached hydrogens (primary N) is 1. The third-order valence-corrected chi connectivity index (χ3v) is 3.14. The Morgan fingerprint density at radius 2 is 2.00 bits per heavy atom. The number of rotatable bonds is 3. The van der Waals surface area contributed by atoms with Gasteiger partial charge in [-0.05, 0) is 30.7 Å². The Kier molecular flexibility index (Phi) is 3.15. The molecule has 1 aliphatic rings. The molecule has 2 rings (SSSR count). The van der Waals surface area contributed by atoms with Gasteiger partial charge in [-0.1, -0.05) is 13.3 Å². The molecule has 17 heavy (non-hydrogen) atoms. The van der Waals surface area contributed by atoms with E-state index in [9.17, 15) is 9.18 Å². The average Bonchev–Trinajstić information content (AvgIpc) is 2.26. The molecule has 1 fully saturated rings. The average molecular weight is 236 g/mol. The highest BCUT2D eigenvalue weighted by molar-refractivity contribution is 5.94. The van der Waals surface area contributed by atoms with Gasteiger partial charge in [-0.25, -0.2) is 4.39 Å². The Morgan fingerprint density at radius 3 is 2.53 bits per heavy atom. The number of carbonyl (C=O) groups excluding carboxylic acids is 1. The molecule has 0 radical (unpaired) electrons. The van der Waals surface area contributed by atoms with Crippen LogP contribution in [0, 0.1) is 5.82 Å². The Morgan fingerprint density at radius 1 is 1.41 bits per heavy atom. The number of hydrogen-bond donors (Lipinski definition) is 1. The molecule has 1 aromatic carbocycles. The van der Waals surface area contributed by atoms with E-state index in [1.54, 1.807) is 4.90 Å². The van der Waals surface area contributed by atoms with E-state index in [4.69, 9.17) is 5.73 Å². The maximum absolute atomic E-state index is 12.7. The molecule has 92 valence electrons. The van der Waals surface area contributed by atoms with Crippen molar-refractivity contribution in [2.24, 2.45) is 5.73 Å². The molecule has 0 aromatic heterocycles. The van der Waals surface area contributed by atoms with Crippen LogP contribution in [0.25, 0.3) is 0 Å². The van der Waals surface area contributed by atoms with Gasteiger partial charge in [0.15, 0.2) is 0 Å². The lowest BCUT2D eigenvalue weighted by molar-refractivity contribution is 0.0386. The Balaban J connectivity index is 1.97. The predicted octanol–water partition coefficient (Wildman–Crippen LogP) is 1.78. The fourth-order valence-electron chi connectivity index (χ4n) is 2.29. The van der Waals surface area contributed by atoms with Gasteiger partial charge < -0.3 is 10.6 Å². The predicted molar refractivity (Wildman–Crippen MR) is 64.1 cm³/mol. The maximum Gasteiger partial charge on any atom is 0.253 e. The molecule has 4 heteroatoms. The minimum Gasteiger partial charge on any atom is -0.335 e. The molecule has 1 heterocycles. The molecule has 0 aliphatic carbocycles. The van der Waals surface area contributed by atoms with Gasteiger partial charge in [0.05, 0.1) is 5.54 Å². The molecule has 1 aliphatic heterocycles. The van der Waals surface area contributed by atoms with Crippen LogP contribution < -0.4 is 5.73 Å². The highest BCUT2D eigenvalue weighted by atomic mass is 19.1. The van der Waals surface area contributed by atoms with E-state index < -0.39 is 0 Å². The van der Waals surface area contributed by atoms with Crippen molar-refractivity contribution in [2.45, 2.75) is 25.3 Å². The Hall–Kier alpha value is -1.42. The van der Waals surface area contributed by atoms with E-state index in [2.05, 4.69) is 6.92 Å². The first-order valence-electron chi connectivity index (χ1n) is 5.88. The van der Waals surface area contributed by atoms with Gasteiger partial charge >= 0.3 is 0 Å². The molecular formula is C13H17FN2O. The number of hydrogen-bond acceptors (Lipinski definition) is 2. The van der Waals surface area contributed by atoms with Crippen molar-refractivity contribution in [2.75, 3.05) is 13.1 Å². The standard InChI is InChI=1S/C13H17FN2O/c1-2-7-13(15)8-16(9-13)12(17)10-3-5-11(14)6-4-10/h3-6H,2,7-9,15H2,1H3. The quantitative estimate of drug-likeness (QED) is 0.869. The van der Waals surface area contributed by atoms with Gasteiger partial charge in [0, 0.05) is 18.7 Å². The lowest BCUT2D eigenvalue weighted by Crippen LogP contribution is -2.68. The summed E-state index contributed by atoms with van der Waals surface area (Å²) in [4.78, 5) is 13.7. The number of nitrogens with zero attached hydrogens (tertiary/aromatic N) is 1. The number of benzene rings is 1. The van der Waals surface area contributed by atoms with Crippen molar-refractivity contribution in [1.29, 1.82) is 0 Å². The Labute approximate surface area is 100 Å². The first-order valence-corrected chi connectivity index (χ1v) is 5.88. The summed E-state index contributed by atoms with van der Waals surface area (Å²) in [6, 6.07) is 5.62. The smallest absolute Gasteiger partial charge is 0.253 e. The van der Waals surface area contributed by atoms with Crippen molar-refractivity contribution >= 4 is 5.91 Å². The maximum atomic E-state index is 12.7. The van der Waals surface area contributed by atoms with Crippen LogP contribution in [0.4, 0.5) is 4.39 Å². The van der Waals surface area contributed by atoms with Crippen molar-refractivity contribution < 1.29 is 9.18 Å². The van der Waals surface area contributed by atoms with Crippen LogP contribution in [0.15, 0.2) is 24.3 Å². The van der Waals surface area contributed by atoms with Gasteiger partial charge in [0.1, 0.15) is 5.82 Å². The molecule has 1 amide bonds. The zero-order valence-electron chi connectivity index (χ0n) is 9.95. The Bertz CT molecular complexity index is 410.